The summed E-state index contributed by atoms with van der Waals surface area (Å²) in [5, 5.41) is 0. The molecule has 186 valence electrons. The number of benzene rings is 1. The molecule has 0 saturated carbocycles. The largest absolute Gasteiger partial charge is 0.573 e. The number of aromatic nitrogens is 3. The molecule has 2 saturated heterocycles. The van der Waals surface area contributed by atoms with Gasteiger partial charge in [0, 0.05) is 31.0 Å². The lowest BCUT2D eigenvalue weighted by Crippen LogP contribution is -2.38. The fraction of sp³-hybridized carbons (Fsp3) is 0.435. The maximum absolute atomic E-state index is 13.0. The predicted molar refractivity (Wildman–Crippen MR) is 119 cm³/mol. The molecule has 3 N–H and O–H groups in total. The number of H-pyrrole nitrogens is 1. The molecule has 12 heteroatoms. The summed E-state index contributed by atoms with van der Waals surface area (Å²) < 4.78 is 52.4. The number of hydrogen-bond acceptors (Lipinski definition) is 7. The molecule has 5 rings (SSSR count). The number of rotatable bonds is 4. The van der Waals surface area contributed by atoms with Crippen LogP contribution in [-0.4, -0.2) is 65.0 Å². The molecule has 1 atom stereocenters. The number of nitrogens with two attached hydrogens (primary N) is 1. The first-order valence-electron chi connectivity index (χ1n) is 11.3. The minimum absolute atomic E-state index is 0.0623. The summed E-state index contributed by atoms with van der Waals surface area (Å²) in [6, 6.07) is 5.31. The van der Waals surface area contributed by atoms with Crippen LogP contribution in [0.2, 0.25) is 0 Å². The van der Waals surface area contributed by atoms with Gasteiger partial charge in [-0.25, -0.2) is 9.97 Å². The summed E-state index contributed by atoms with van der Waals surface area (Å²) in [5.41, 5.74) is 8.46. The highest BCUT2D eigenvalue weighted by atomic mass is 19.4. The van der Waals surface area contributed by atoms with E-state index in [1.165, 1.54) is 6.07 Å². The molecule has 1 aromatic carbocycles. The van der Waals surface area contributed by atoms with E-state index in [0.29, 0.717) is 57.2 Å². The van der Waals surface area contributed by atoms with E-state index in [-0.39, 0.29) is 29.2 Å². The Morgan fingerprint density at radius 2 is 2.00 bits per heavy atom. The van der Waals surface area contributed by atoms with E-state index in [2.05, 4.69) is 14.7 Å². The number of fused-ring (bicyclic) bond motifs is 1. The molecule has 0 aliphatic carbocycles. The number of ether oxygens (including phenoxy) is 3. The van der Waals surface area contributed by atoms with Crippen molar-refractivity contribution in [1.82, 2.24) is 19.9 Å². The average Bonchev–Trinajstić information content (AvgIpc) is 3.28. The summed E-state index contributed by atoms with van der Waals surface area (Å²) in [6.07, 6.45) is -1.95. The van der Waals surface area contributed by atoms with Gasteiger partial charge in [0.25, 0.3) is 5.91 Å². The fourth-order valence-corrected chi connectivity index (χ4v) is 4.57. The van der Waals surface area contributed by atoms with Crippen molar-refractivity contribution in [1.29, 1.82) is 0 Å². The van der Waals surface area contributed by atoms with Gasteiger partial charge in [0.05, 0.1) is 25.4 Å². The first kappa shape index (κ1) is 23.4. The zero-order valence-electron chi connectivity index (χ0n) is 18.7. The monoisotopic (exact) mass is 491 g/mol. The van der Waals surface area contributed by atoms with Crippen LogP contribution in [0.3, 0.4) is 0 Å². The first-order chi connectivity index (χ1) is 16.8. The van der Waals surface area contributed by atoms with Crippen LogP contribution in [0.5, 0.6) is 5.75 Å². The number of halogens is 3. The number of amides is 1. The minimum Gasteiger partial charge on any atom is -0.406 e. The summed E-state index contributed by atoms with van der Waals surface area (Å²) in [5.74, 6) is 0.0660. The molecule has 4 heterocycles. The Hall–Kier alpha value is -3.38. The molecule has 3 aromatic rings. The molecular formula is C23H24F3N5O4. The molecule has 35 heavy (non-hydrogen) atoms. The van der Waals surface area contributed by atoms with Crippen molar-refractivity contribution >= 4 is 22.8 Å². The SMILES string of the molecule is Nc1cc(OC(F)(F)F)ccc1C(=O)N1CCC(c2ccnc3[nH]c([C@@H]4COCCO4)nc23)CC1. The number of piperidine rings is 1. The van der Waals surface area contributed by atoms with Crippen molar-refractivity contribution in [2.24, 2.45) is 0 Å². The van der Waals surface area contributed by atoms with Gasteiger partial charge in [-0.2, -0.15) is 0 Å². The first-order valence-corrected chi connectivity index (χ1v) is 11.3. The van der Waals surface area contributed by atoms with Gasteiger partial charge in [-0.05, 0) is 42.5 Å². The second-order valence-corrected chi connectivity index (χ2v) is 8.52. The third-order valence-corrected chi connectivity index (χ3v) is 6.26. The van der Waals surface area contributed by atoms with E-state index in [9.17, 15) is 18.0 Å². The number of alkyl halides is 3. The third kappa shape index (κ3) is 5.03. The topological polar surface area (TPSA) is 116 Å². The number of nitrogens with zero attached hydrogens (tertiary/aromatic N) is 3. The Morgan fingerprint density at radius 3 is 2.69 bits per heavy atom. The number of hydrogen-bond donors (Lipinski definition) is 2. The average molecular weight is 491 g/mol. The second kappa shape index (κ2) is 9.34. The van der Waals surface area contributed by atoms with E-state index in [1.807, 2.05) is 6.07 Å². The van der Waals surface area contributed by atoms with Crippen LogP contribution in [0.25, 0.3) is 11.2 Å². The zero-order chi connectivity index (χ0) is 24.6. The number of carbonyl (C=O) groups excluding carboxylic acids is 1. The van der Waals surface area contributed by atoms with Crippen molar-refractivity contribution in [2.45, 2.75) is 31.2 Å². The molecule has 2 aliphatic heterocycles. The lowest BCUT2D eigenvalue weighted by atomic mass is 9.89. The number of imidazole rings is 1. The van der Waals surface area contributed by atoms with Crippen molar-refractivity contribution in [3.63, 3.8) is 0 Å². The number of anilines is 1. The van der Waals surface area contributed by atoms with Crippen molar-refractivity contribution in [3.8, 4) is 5.75 Å². The van der Waals surface area contributed by atoms with Crippen LogP contribution in [0.15, 0.2) is 30.5 Å². The van der Waals surface area contributed by atoms with Crippen LogP contribution in [0.4, 0.5) is 18.9 Å². The van der Waals surface area contributed by atoms with Gasteiger partial charge in [-0.3, -0.25) is 4.79 Å². The van der Waals surface area contributed by atoms with E-state index < -0.39 is 12.1 Å². The number of nitrogen functional groups attached to an aromatic ring is 1. The number of carbonyl (C=O) groups is 1. The van der Waals surface area contributed by atoms with E-state index >= 15 is 0 Å². The molecule has 0 radical (unpaired) electrons. The second-order valence-electron chi connectivity index (χ2n) is 8.52. The Kier molecular flexibility index (Phi) is 6.24. The molecule has 2 aromatic heterocycles. The van der Waals surface area contributed by atoms with Gasteiger partial charge < -0.3 is 29.8 Å². The number of pyridine rings is 1. The quantitative estimate of drug-likeness (QED) is 0.537. The number of likely N-dealkylation sites (tertiary alicyclic amines) is 1. The van der Waals surface area contributed by atoms with E-state index in [0.717, 1.165) is 23.2 Å². The summed E-state index contributed by atoms with van der Waals surface area (Å²) >= 11 is 0. The molecule has 0 spiro atoms. The van der Waals surface area contributed by atoms with Gasteiger partial charge in [-0.1, -0.05) is 0 Å². The third-order valence-electron chi connectivity index (χ3n) is 6.26. The summed E-state index contributed by atoms with van der Waals surface area (Å²) in [6.45, 7) is 2.46. The van der Waals surface area contributed by atoms with Crippen LogP contribution >= 0.6 is 0 Å². The number of nitrogens with one attached hydrogen (secondary N) is 1. The van der Waals surface area contributed by atoms with Crippen molar-refractivity contribution in [3.05, 3.63) is 47.4 Å². The van der Waals surface area contributed by atoms with Gasteiger partial charge in [0.15, 0.2) is 5.65 Å². The normalized spacial score (nSPS) is 19.7. The lowest BCUT2D eigenvalue weighted by molar-refractivity contribution is -0.274. The molecule has 1 amide bonds. The Labute approximate surface area is 198 Å². The Balaban J connectivity index is 1.27. The van der Waals surface area contributed by atoms with Crippen LogP contribution in [0, 0.1) is 0 Å². The standard InChI is InChI=1S/C23H24F3N5O4/c24-23(25,26)35-14-1-2-16(17(27)11-14)22(32)31-7-4-13(5-8-31)15-3-6-28-21-19(15)29-20(30-21)18-12-33-9-10-34-18/h1-3,6,11,13,18H,4-5,7-10,12,27H2,(H,28,29,30)/t18-/m0/s1. The van der Waals surface area contributed by atoms with Gasteiger partial charge in [-0.15, -0.1) is 13.2 Å². The molecule has 2 fully saturated rings. The molecular weight excluding hydrogens is 467 g/mol. The fourth-order valence-electron chi connectivity index (χ4n) is 4.57. The van der Waals surface area contributed by atoms with Crippen LogP contribution in [0.1, 0.15) is 46.6 Å². The summed E-state index contributed by atoms with van der Waals surface area (Å²) in [4.78, 5) is 27.0. The smallest absolute Gasteiger partial charge is 0.406 e. The van der Waals surface area contributed by atoms with Gasteiger partial charge >= 0.3 is 6.36 Å². The molecule has 0 unspecified atom stereocenters. The molecule has 0 bridgehead atoms. The van der Waals surface area contributed by atoms with Gasteiger partial charge in [0.1, 0.15) is 23.2 Å². The lowest BCUT2D eigenvalue weighted by Gasteiger charge is -2.32. The Morgan fingerprint density at radius 1 is 1.20 bits per heavy atom. The van der Waals surface area contributed by atoms with E-state index in [4.69, 9.17) is 20.2 Å². The molecule has 9 nitrogen and oxygen atoms in total. The van der Waals surface area contributed by atoms with Crippen LogP contribution in [-0.2, 0) is 9.47 Å². The highest BCUT2D eigenvalue weighted by molar-refractivity contribution is 5.99. The summed E-state index contributed by atoms with van der Waals surface area (Å²) in [7, 11) is 0. The maximum Gasteiger partial charge on any atom is 0.573 e. The van der Waals surface area contributed by atoms with Crippen molar-refractivity contribution < 1.29 is 32.2 Å². The van der Waals surface area contributed by atoms with Crippen LogP contribution < -0.4 is 10.5 Å². The zero-order valence-corrected chi connectivity index (χ0v) is 18.7. The predicted octanol–water partition coefficient (Wildman–Crippen LogP) is 3.55. The minimum atomic E-state index is -4.83. The van der Waals surface area contributed by atoms with E-state index in [1.54, 1.807) is 11.1 Å². The van der Waals surface area contributed by atoms with Gasteiger partial charge in [0.2, 0.25) is 0 Å². The Bertz CT molecular complexity index is 1220. The highest BCUT2D eigenvalue weighted by Gasteiger charge is 2.32. The van der Waals surface area contributed by atoms with Crippen molar-refractivity contribution in [2.75, 3.05) is 38.6 Å². The maximum atomic E-state index is 13.0. The molecule has 2 aliphatic rings. The number of aromatic amines is 1. The highest BCUT2D eigenvalue weighted by Crippen LogP contribution is 2.34.